The SMILES string of the molecule is COC(=O)COc1ccccc1C=CC(=O)CC(C)=O. The first kappa shape index (κ1) is 15.6. The Hall–Kier alpha value is -2.43. The summed E-state index contributed by atoms with van der Waals surface area (Å²) in [6.45, 7) is 1.15. The number of hydrogen-bond acceptors (Lipinski definition) is 5. The maximum absolute atomic E-state index is 11.4. The van der Waals surface area contributed by atoms with Crippen molar-refractivity contribution in [1.82, 2.24) is 0 Å². The first-order chi connectivity index (χ1) is 9.52. The molecule has 5 heteroatoms. The largest absolute Gasteiger partial charge is 0.481 e. The molecule has 0 fully saturated rings. The van der Waals surface area contributed by atoms with Gasteiger partial charge in [-0.15, -0.1) is 0 Å². The van der Waals surface area contributed by atoms with E-state index in [-0.39, 0.29) is 24.6 Å². The molecule has 0 bridgehead atoms. The van der Waals surface area contributed by atoms with Gasteiger partial charge in [-0.25, -0.2) is 4.79 Å². The molecule has 5 nitrogen and oxygen atoms in total. The van der Waals surface area contributed by atoms with E-state index in [4.69, 9.17) is 4.74 Å². The number of ketones is 2. The number of methoxy groups -OCH3 is 1. The highest BCUT2D eigenvalue weighted by atomic mass is 16.6. The third kappa shape index (κ3) is 5.48. The zero-order valence-electron chi connectivity index (χ0n) is 11.4. The molecule has 0 atom stereocenters. The number of esters is 1. The van der Waals surface area contributed by atoms with Gasteiger partial charge < -0.3 is 9.47 Å². The molecule has 106 valence electrons. The van der Waals surface area contributed by atoms with E-state index in [1.54, 1.807) is 30.3 Å². The molecule has 0 aliphatic carbocycles. The maximum Gasteiger partial charge on any atom is 0.343 e. The van der Waals surface area contributed by atoms with Gasteiger partial charge in [0.15, 0.2) is 12.4 Å². The summed E-state index contributed by atoms with van der Waals surface area (Å²) >= 11 is 0. The van der Waals surface area contributed by atoms with E-state index >= 15 is 0 Å². The summed E-state index contributed by atoms with van der Waals surface area (Å²) in [4.78, 5) is 33.3. The third-order valence-corrected chi connectivity index (χ3v) is 2.36. The summed E-state index contributed by atoms with van der Waals surface area (Å²) < 4.78 is 9.78. The normalized spacial score (nSPS) is 10.3. The first-order valence-corrected chi connectivity index (χ1v) is 6.02. The van der Waals surface area contributed by atoms with Crippen LogP contribution >= 0.6 is 0 Å². The first-order valence-electron chi connectivity index (χ1n) is 6.02. The highest BCUT2D eigenvalue weighted by Gasteiger charge is 2.05. The Labute approximate surface area is 117 Å². The van der Waals surface area contributed by atoms with Crippen molar-refractivity contribution in [2.24, 2.45) is 0 Å². The van der Waals surface area contributed by atoms with E-state index in [0.717, 1.165) is 0 Å². The Morgan fingerprint density at radius 1 is 1.20 bits per heavy atom. The minimum atomic E-state index is -0.489. The Morgan fingerprint density at radius 2 is 1.90 bits per heavy atom. The molecule has 0 aromatic heterocycles. The van der Waals surface area contributed by atoms with Crippen LogP contribution < -0.4 is 4.74 Å². The number of Topliss-reactive ketones (excluding diaryl/α,β-unsaturated/α-hetero) is 1. The Balaban J connectivity index is 2.74. The lowest BCUT2D eigenvalue weighted by atomic mass is 10.1. The standard InChI is InChI=1S/C15H16O5/c1-11(16)9-13(17)8-7-12-5-3-4-6-14(12)20-10-15(18)19-2/h3-8H,9-10H2,1-2H3. The number of rotatable bonds is 7. The van der Waals surface area contributed by atoms with E-state index in [2.05, 4.69) is 4.74 Å². The van der Waals surface area contributed by atoms with Gasteiger partial charge in [0, 0.05) is 5.56 Å². The minimum Gasteiger partial charge on any atom is -0.481 e. The van der Waals surface area contributed by atoms with Crippen molar-refractivity contribution in [3.63, 3.8) is 0 Å². The Bertz CT molecular complexity index is 531. The van der Waals surface area contributed by atoms with E-state index in [9.17, 15) is 14.4 Å². The molecule has 0 aliphatic heterocycles. The maximum atomic E-state index is 11.4. The van der Waals surface area contributed by atoms with Gasteiger partial charge in [0.05, 0.1) is 13.5 Å². The smallest absolute Gasteiger partial charge is 0.343 e. The fourth-order valence-electron chi connectivity index (χ4n) is 1.43. The van der Waals surface area contributed by atoms with Crippen LogP contribution in [0.3, 0.4) is 0 Å². The van der Waals surface area contributed by atoms with Gasteiger partial charge in [0.25, 0.3) is 0 Å². The second-order valence-corrected chi connectivity index (χ2v) is 4.08. The monoisotopic (exact) mass is 276 g/mol. The second-order valence-electron chi connectivity index (χ2n) is 4.08. The molecule has 0 unspecified atom stereocenters. The molecule has 0 N–H and O–H groups in total. The average molecular weight is 276 g/mol. The summed E-state index contributed by atoms with van der Waals surface area (Å²) in [7, 11) is 1.28. The van der Waals surface area contributed by atoms with Crippen molar-refractivity contribution < 1.29 is 23.9 Å². The Kier molecular flexibility index (Phi) is 6.16. The van der Waals surface area contributed by atoms with Crippen LogP contribution in [0.2, 0.25) is 0 Å². The van der Waals surface area contributed by atoms with E-state index in [0.29, 0.717) is 11.3 Å². The Morgan fingerprint density at radius 3 is 2.55 bits per heavy atom. The number of allylic oxidation sites excluding steroid dienone is 1. The van der Waals surface area contributed by atoms with Crippen molar-refractivity contribution in [2.45, 2.75) is 13.3 Å². The van der Waals surface area contributed by atoms with Gasteiger partial charge in [-0.2, -0.15) is 0 Å². The molecule has 0 radical (unpaired) electrons. The zero-order valence-corrected chi connectivity index (χ0v) is 11.4. The molecular formula is C15H16O5. The van der Waals surface area contributed by atoms with Crippen LogP contribution in [-0.2, 0) is 19.1 Å². The molecular weight excluding hydrogens is 260 g/mol. The van der Waals surface area contributed by atoms with Crippen LogP contribution in [0.25, 0.3) is 6.08 Å². The molecule has 1 aromatic rings. The highest BCUT2D eigenvalue weighted by molar-refractivity contribution is 6.05. The van der Waals surface area contributed by atoms with E-state index in [1.165, 1.54) is 20.1 Å². The lowest BCUT2D eigenvalue weighted by Gasteiger charge is -2.07. The molecule has 0 amide bonds. The summed E-state index contributed by atoms with van der Waals surface area (Å²) in [5, 5.41) is 0. The number of carbonyl (C=O) groups is 3. The fourth-order valence-corrected chi connectivity index (χ4v) is 1.43. The van der Waals surface area contributed by atoms with Crippen LogP contribution in [0.15, 0.2) is 30.3 Å². The van der Waals surface area contributed by atoms with Gasteiger partial charge in [-0.3, -0.25) is 9.59 Å². The van der Waals surface area contributed by atoms with Crippen LogP contribution in [0.4, 0.5) is 0 Å². The predicted molar refractivity (Wildman–Crippen MR) is 73.3 cm³/mol. The van der Waals surface area contributed by atoms with Crippen molar-refractivity contribution in [3.8, 4) is 5.75 Å². The lowest BCUT2D eigenvalue weighted by molar-refractivity contribution is -0.143. The average Bonchev–Trinajstić information content (AvgIpc) is 2.42. The highest BCUT2D eigenvalue weighted by Crippen LogP contribution is 2.19. The van der Waals surface area contributed by atoms with Crippen molar-refractivity contribution in [3.05, 3.63) is 35.9 Å². The predicted octanol–water partition coefficient (Wildman–Crippen LogP) is 1.80. The van der Waals surface area contributed by atoms with Gasteiger partial charge in [0.1, 0.15) is 11.5 Å². The van der Waals surface area contributed by atoms with Crippen molar-refractivity contribution in [1.29, 1.82) is 0 Å². The topological polar surface area (TPSA) is 69.7 Å². The van der Waals surface area contributed by atoms with E-state index < -0.39 is 5.97 Å². The van der Waals surface area contributed by atoms with Gasteiger partial charge in [0.2, 0.25) is 0 Å². The minimum absolute atomic E-state index is 0.123. The molecule has 0 saturated carbocycles. The number of ether oxygens (including phenoxy) is 2. The number of carbonyl (C=O) groups excluding carboxylic acids is 3. The van der Waals surface area contributed by atoms with Crippen LogP contribution in [0.1, 0.15) is 18.9 Å². The van der Waals surface area contributed by atoms with Crippen molar-refractivity contribution >= 4 is 23.6 Å². The molecule has 0 aliphatic rings. The zero-order chi connectivity index (χ0) is 15.0. The quantitative estimate of drug-likeness (QED) is 0.431. The molecule has 1 rings (SSSR count). The van der Waals surface area contributed by atoms with Crippen LogP contribution in [-0.4, -0.2) is 31.3 Å². The van der Waals surface area contributed by atoms with Gasteiger partial charge in [-0.1, -0.05) is 18.2 Å². The van der Waals surface area contributed by atoms with Crippen LogP contribution in [0, 0.1) is 0 Å². The molecule has 0 heterocycles. The summed E-state index contributed by atoms with van der Waals surface area (Å²) in [6.07, 6.45) is 2.75. The lowest BCUT2D eigenvalue weighted by Crippen LogP contribution is -2.12. The number of benzene rings is 1. The molecule has 0 spiro atoms. The van der Waals surface area contributed by atoms with Gasteiger partial charge >= 0.3 is 5.97 Å². The second kappa shape index (κ2) is 7.89. The molecule has 20 heavy (non-hydrogen) atoms. The summed E-state index contributed by atoms with van der Waals surface area (Å²) in [5.74, 6) is -0.489. The molecule has 0 saturated heterocycles. The number of hydrogen-bond donors (Lipinski definition) is 0. The van der Waals surface area contributed by atoms with E-state index in [1.807, 2.05) is 0 Å². The van der Waals surface area contributed by atoms with Gasteiger partial charge in [-0.05, 0) is 25.1 Å². The third-order valence-electron chi connectivity index (χ3n) is 2.36. The van der Waals surface area contributed by atoms with Crippen LogP contribution in [0.5, 0.6) is 5.75 Å². The fraction of sp³-hybridized carbons (Fsp3) is 0.267. The summed E-state index contributed by atoms with van der Waals surface area (Å²) in [6, 6.07) is 6.95. The summed E-state index contributed by atoms with van der Waals surface area (Å²) in [5.41, 5.74) is 0.647. The molecule has 1 aromatic carbocycles. The van der Waals surface area contributed by atoms with Crippen molar-refractivity contribution in [2.75, 3.05) is 13.7 Å². The number of para-hydroxylation sites is 1.